The third kappa shape index (κ3) is 3.59. The van der Waals surface area contributed by atoms with Crippen LogP contribution in [0.4, 0.5) is 5.82 Å². The van der Waals surface area contributed by atoms with Crippen LogP contribution in [0.25, 0.3) is 0 Å². The van der Waals surface area contributed by atoms with Crippen molar-refractivity contribution in [1.82, 2.24) is 4.98 Å². The van der Waals surface area contributed by atoms with Crippen LogP contribution in [-0.4, -0.2) is 25.5 Å². The molecule has 1 aliphatic rings. The Labute approximate surface area is 134 Å². The molecule has 0 bridgehead atoms. The molecule has 0 saturated carbocycles. The predicted octanol–water partition coefficient (Wildman–Crippen LogP) is -3.06. The number of rotatable bonds is 2. The molecule has 1 aromatic heterocycles. The smallest absolute Gasteiger partial charge is 0.541 e. The number of fused-ring (bicyclic) bond motifs is 1. The van der Waals surface area contributed by atoms with E-state index in [0.717, 1.165) is 0 Å². The van der Waals surface area contributed by atoms with Crippen LogP contribution in [0.15, 0.2) is 26.0 Å². The van der Waals surface area contributed by atoms with Gasteiger partial charge in [0.05, 0.1) is 5.84 Å². The molecule has 0 fully saturated rings. The molecule has 10 heteroatoms. The van der Waals surface area contributed by atoms with Crippen molar-refractivity contribution in [3.63, 3.8) is 0 Å². The van der Waals surface area contributed by atoms with Gasteiger partial charge in [-0.2, -0.15) is 8.42 Å². The van der Waals surface area contributed by atoms with E-state index in [4.69, 9.17) is 0 Å². The van der Waals surface area contributed by atoms with Gasteiger partial charge < -0.3 is 15.6 Å². The fraction of sp³-hybridized carbons (Fsp3) is 0.125. The quantitative estimate of drug-likeness (QED) is 0.347. The van der Waals surface area contributed by atoms with Gasteiger partial charge in [0.15, 0.2) is 5.82 Å². The Hall–Kier alpha value is -0.320. The van der Waals surface area contributed by atoms with Crippen molar-refractivity contribution in [2.24, 2.45) is 4.40 Å². The van der Waals surface area contributed by atoms with Crippen LogP contribution in [0.5, 0.6) is 0 Å². The van der Waals surface area contributed by atoms with Gasteiger partial charge in [0, 0.05) is 10.7 Å². The molecule has 0 atom stereocenters. The van der Waals surface area contributed by atoms with Crippen molar-refractivity contribution in [3.05, 3.63) is 16.7 Å². The third-order valence-electron chi connectivity index (χ3n) is 1.83. The molecule has 0 unspecified atom stereocenters. The Bertz CT molecular complexity index is 590. The number of nitrogens with one attached hydrogen (secondary N) is 1. The average Bonchev–Trinajstić information content (AvgIpc) is 2.19. The van der Waals surface area contributed by atoms with Crippen LogP contribution in [-0.2, 0) is 20.3 Å². The first kappa shape index (κ1) is 17.7. The van der Waals surface area contributed by atoms with Crippen LogP contribution in [0.1, 0.15) is 6.42 Å². The number of pyridine rings is 1. The minimum Gasteiger partial charge on any atom is -0.541 e. The molecule has 92 valence electrons. The number of sulfonamides is 1. The van der Waals surface area contributed by atoms with Crippen molar-refractivity contribution in [1.29, 1.82) is 0 Å². The molecule has 0 spiro atoms. The van der Waals surface area contributed by atoms with E-state index >= 15 is 0 Å². The van der Waals surface area contributed by atoms with Crippen LogP contribution >= 0.6 is 15.9 Å². The number of halogens is 1. The largest absolute Gasteiger partial charge is 1.00 e. The standard InChI is InChI=1S/C8H5BrN3O3S.Na.H2O/c9-5-3-6-8(10-4-5)11-7(1-2-13)12-16(6,14)15;;/h3-4H,1H2,(H,10,11,12);;1H2/q-1;+1;/p+1. The molecule has 2 rings (SSSR count). The maximum Gasteiger partial charge on any atom is 1.00 e. The Morgan fingerprint density at radius 2 is 2.11 bits per heavy atom. The van der Waals surface area contributed by atoms with Gasteiger partial charge in [0.1, 0.15) is 4.90 Å². The molecule has 1 aromatic rings. The average molecular weight is 345 g/mol. The molecule has 7 nitrogen and oxygen atoms in total. The Morgan fingerprint density at radius 1 is 1.44 bits per heavy atom. The van der Waals surface area contributed by atoms with Crippen LogP contribution in [0, 0.1) is 0 Å². The van der Waals surface area contributed by atoms with Crippen molar-refractivity contribution in [3.8, 4) is 0 Å². The number of carbonyl (C=O) groups excluding carboxylic acids is 1. The van der Waals surface area contributed by atoms with Gasteiger partial charge >= 0.3 is 29.6 Å². The summed E-state index contributed by atoms with van der Waals surface area (Å²) in [5, 5.41) is 2.66. The van der Waals surface area contributed by atoms with E-state index in [2.05, 4.69) is 30.6 Å². The van der Waals surface area contributed by atoms with E-state index in [1.165, 1.54) is 12.3 Å². The molecule has 0 aromatic carbocycles. The first-order valence-corrected chi connectivity index (χ1v) is 6.37. The molecule has 2 heterocycles. The molecule has 0 radical (unpaired) electrons. The second-order valence-corrected chi connectivity index (χ2v) is 5.45. The summed E-state index contributed by atoms with van der Waals surface area (Å²) >= 11 is 3.12. The van der Waals surface area contributed by atoms with Gasteiger partial charge in [0.25, 0.3) is 10.0 Å². The van der Waals surface area contributed by atoms with Gasteiger partial charge in [-0.05, 0) is 22.0 Å². The maximum atomic E-state index is 11.7. The van der Waals surface area contributed by atoms with E-state index in [1.54, 1.807) is 6.29 Å². The van der Waals surface area contributed by atoms with Gasteiger partial charge in [-0.25, -0.2) is 4.98 Å². The minimum atomic E-state index is -3.78. The molecule has 4 N–H and O–H groups in total. The Kier molecular flexibility index (Phi) is 6.61. The Balaban J connectivity index is 0.00000144. The van der Waals surface area contributed by atoms with Gasteiger partial charge in [-0.15, -0.1) is 4.40 Å². The van der Waals surface area contributed by atoms with E-state index in [9.17, 15) is 13.2 Å². The topological polar surface area (TPSA) is 121 Å². The Morgan fingerprint density at radius 3 is 2.72 bits per heavy atom. The summed E-state index contributed by atoms with van der Waals surface area (Å²) in [6.45, 7) is 0. The summed E-state index contributed by atoms with van der Waals surface area (Å²) in [6.07, 6.45) is 2.81. The predicted molar refractivity (Wildman–Crippen MR) is 65.4 cm³/mol. The fourth-order valence-corrected chi connectivity index (χ4v) is 2.82. The summed E-state index contributed by atoms with van der Waals surface area (Å²) in [5.41, 5.74) is 0. The van der Waals surface area contributed by atoms with Crippen LogP contribution in [0.3, 0.4) is 0 Å². The van der Waals surface area contributed by atoms with Crippen molar-refractivity contribution >= 4 is 43.9 Å². The first-order valence-electron chi connectivity index (χ1n) is 4.14. The third-order valence-corrected chi connectivity index (χ3v) is 3.59. The summed E-state index contributed by atoms with van der Waals surface area (Å²) in [7, 11) is -3.78. The zero-order valence-electron chi connectivity index (χ0n) is 9.34. The molecule has 18 heavy (non-hydrogen) atoms. The number of hydrogen-bond acceptors (Lipinski definition) is 5. The zero-order valence-corrected chi connectivity index (χ0v) is 13.7. The van der Waals surface area contributed by atoms with E-state index in [-0.39, 0.29) is 58.0 Å². The summed E-state index contributed by atoms with van der Waals surface area (Å²) in [5.74, 6) is 0.195. The molecular weight excluding hydrogens is 337 g/mol. The van der Waals surface area contributed by atoms with Crippen LogP contribution < -0.4 is 34.9 Å². The molecular formula is C8H8BrN3NaO4S+. The second kappa shape index (κ2) is 6.73. The number of nitrogens with zero attached hydrogens (tertiary/aromatic N) is 2. The van der Waals surface area contributed by atoms with Crippen molar-refractivity contribution < 1.29 is 48.2 Å². The van der Waals surface area contributed by atoms with E-state index in [1.807, 2.05) is 0 Å². The van der Waals surface area contributed by atoms with Crippen LogP contribution in [0.2, 0.25) is 0 Å². The monoisotopic (exact) mass is 344 g/mol. The molecule has 0 saturated heterocycles. The normalized spacial score (nSPS) is 15.1. The number of hydrogen-bond donors (Lipinski definition) is 1. The summed E-state index contributed by atoms with van der Waals surface area (Å²) in [4.78, 5) is 14.1. The van der Waals surface area contributed by atoms with Crippen molar-refractivity contribution in [2.75, 3.05) is 5.32 Å². The number of anilines is 1. The van der Waals surface area contributed by atoms with E-state index < -0.39 is 10.0 Å². The first-order chi connectivity index (χ1) is 7.53. The molecule has 0 aliphatic carbocycles. The molecule has 0 amide bonds. The summed E-state index contributed by atoms with van der Waals surface area (Å²) in [6, 6.07) is 1.40. The zero-order chi connectivity index (χ0) is 11.8. The fourth-order valence-electron chi connectivity index (χ4n) is 1.21. The van der Waals surface area contributed by atoms with Gasteiger partial charge in [0.2, 0.25) is 0 Å². The minimum absolute atomic E-state index is 0. The summed E-state index contributed by atoms with van der Waals surface area (Å²) < 4.78 is 27.4. The maximum absolute atomic E-state index is 11.7. The molecule has 1 aliphatic heterocycles. The van der Waals surface area contributed by atoms with E-state index in [0.29, 0.717) is 4.47 Å². The second-order valence-electron chi connectivity index (χ2n) is 2.96. The SMILES string of the molecule is O=[C-]CC1=NS(=O)(=O)c2cc(Br)cnc2N1.[Na+].[OH3+]. The van der Waals surface area contributed by atoms with Gasteiger partial charge in [-0.3, -0.25) is 6.29 Å². The number of aromatic nitrogens is 1. The van der Waals surface area contributed by atoms with Gasteiger partial charge in [-0.1, -0.05) is 6.42 Å². The van der Waals surface area contributed by atoms with Crippen molar-refractivity contribution in [2.45, 2.75) is 11.3 Å². The number of amidine groups is 1.